The van der Waals surface area contributed by atoms with Crippen molar-refractivity contribution in [2.45, 2.75) is 53.5 Å². The second-order valence-corrected chi connectivity index (χ2v) is 8.60. The second kappa shape index (κ2) is 6.14. The summed E-state index contributed by atoms with van der Waals surface area (Å²) in [6, 6.07) is 6.02. The number of aromatic nitrogens is 4. The van der Waals surface area contributed by atoms with Crippen LogP contribution in [0.15, 0.2) is 36.8 Å². The van der Waals surface area contributed by atoms with Crippen LogP contribution in [0.2, 0.25) is 0 Å². The molecule has 0 aliphatic heterocycles. The molecule has 5 nitrogen and oxygen atoms in total. The molecule has 0 saturated heterocycles. The molecule has 3 heterocycles. The van der Waals surface area contributed by atoms with E-state index in [4.69, 9.17) is 4.98 Å². The number of aryl methyl sites for hydroxylation is 1. The Morgan fingerprint density at radius 2 is 1.76 bits per heavy atom. The lowest BCUT2D eigenvalue weighted by molar-refractivity contribution is 0.290. The van der Waals surface area contributed by atoms with Crippen LogP contribution in [0, 0.1) is 12.3 Å². The highest BCUT2D eigenvalue weighted by Gasteiger charge is 2.27. The van der Waals surface area contributed by atoms with Crippen molar-refractivity contribution in [3.05, 3.63) is 42.4 Å². The molecule has 0 aliphatic carbocycles. The lowest BCUT2D eigenvalue weighted by Gasteiger charge is -2.34. The summed E-state index contributed by atoms with van der Waals surface area (Å²) in [6.07, 6.45) is 6.48. The largest absolute Gasteiger partial charge is 0.317 e. The van der Waals surface area contributed by atoms with E-state index in [9.17, 15) is 0 Å². The molecule has 0 fully saturated rings. The number of nitrogens with one attached hydrogen (secondary N) is 1. The highest BCUT2D eigenvalue weighted by atomic mass is 15.5. The Hall–Kier alpha value is -2.43. The van der Waals surface area contributed by atoms with Gasteiger partial charge in [0.1, 0.15) is 5.52 Å². The van der Waals surface area contributed by atoms with Crippen molar-refractivity contribution in [2.24, 2.45) is 5.41 Å². The Labute approximate surface area is 149 Å². The molecule has 0 aromatic carbocycles. The van der Waals surface area contributed by atoms with Crippen molar-refractivity contribution in [1.82, 2.24) is 19.6 Å². The van der Waals surface area contributed by atoms with Gasteiger partial charge in [-0.2, -0.15) is 0 Å². The summed E-state index contributed by atoms with van der Waals surface area (Å²) in [7, 11) is 0. The fraction of sp³-hybridized carbons (Fsp3) is 0.450. The number of hydrogen-bond acceptors (Lipinski definition) is 4. The Morgan fingerprint density at radius 3 is 2.40 bits per heavy atom. The molecule has 0 saturated carbocycles. The average molecular weight is 337 g/mol. The highest BCUT2D eigenvalue weighted by Crippen LogP contribution is 2.30. The Kier molecular flexibility index (Phi) is 4.27. The van der Waals surface area contributed by atoms with Gasteiger partial charge < -0.3 is 5.43 Å². The monoisotopic (exact) mass is 337 g/mol. The predicted molar refractivity (Wildman–Crippen MR) is 103 cm³/mol. The van der Waals surface area contributed by atoms with Crippen molar-refractivity contribution in [1.29, 1.82) is 0 Å². The summed E-state index contributed by atoms with van der Waals surface area (Å²) in [5.74, 6) is 0.859. The van der Waals surface area contributed by atoms with Crippen LogP contribution in [0.3, 0.4) is 0 Å². The van der Waals surface area contributed by atoms with Crippen LogP contribution < -0.4 is 5.43 Å². The van der Waals surface area contributed by atoms with Gasteiger partial charge in [0, 0.05) is 29.7 Å². The number of imidazole rings is 1. The van der Waals surface area contributed by atoms with Gasteiger partial charge in [-0.05, 0) is 56.4 Å². The van der Waals surface area contributed by atoms with Crippen molar-refractivity contribution < 1.29 is 0 Å². The van der Waals surface area contributed by atoms with Gasteiger partial charge in [-0.1, -0.05) is 20.8 Å². The standard InChI is InChI=1S/C20H27N5/c1-14-11-16-18(22-12-14)25(24-20(5,6)13-19(2,3)4)17(23-16)15-7-9-21-10-8-15/h7-12,24H,13H2,1-6H3. The maximum Gasteiger partial charge on any atom is 0.179 e. The van der Waals surface area contributed by atoms with E-state index in [1.807, 2.05) is 29.9 Å². The molecule has 0 aliphatic rings. The molecular weight excluding hydrogens is 310 g/mol. The Bertz CT molecular complexity index is 872. The topological polar surface area (TPSA) is 55.6 Å². The number of hydrogen-bond donors (Lipinski definition) is 1. The van der Waals surface area contributed by atoms with Gasteiger partial charge in [0.2, 0.25) is 0 Å². The summed E-state index contributed by atoms with van der Waals surface area (Å²) >= 11 is 0. The van der Waals surface area contributed by atoms with Crippen LogP contribution in [0.25, 0.3) is 22.6 Å². The SMILES string of the molecule is Cc1cnc2c(c1)nc(-c1ccncc1)n2NC(C)(C)CC(C)(C)C. The van der Waals surface area contributed by atoms with E-state index in [0.717, 1.165) is 34.5 Å². The normalized spacial score (nSPS) is 12.6. The van der Waals surface area contributed by atoms with Gasteiger partial charge in [0.05, 0.1) is 0 Å². The number of pyridine rings is 2. The molecule has 0 bridgehead atoms. The van der Waals surface area contributed by atoms with E-state index < -0.39 is 0 Å². The molecular formula is C20H27N5. The molecule has 0 radical (unpaired) electrons. The maximum absolute atomic E-state index is 4.83. The molecule has 0 unspecified atom stereocenters. The Morgan fingerprint density at radius 1 is 1.08 bits per heavy atom. The smallest absolute Gasteiger partial charge is 0.179 e. The predicted octanol–water partition coefficient (Wildman–Crippen LogP) is 4.56. The van der Waals surface area contributed by atoms with Crippen LogP contribution in [-0.2, 0) is 0 Å². The molecule has 3 aromatic heterocycles. The summed E-state index contributed by atoms with van der Waals surface area (Å²) < 4.78 is 2.02. The van der Waals surface area contributed by atoms with E-state index in [1.54, 1.807) is 12.4 Å². The summed E-state index contributed by atoms with van der Waals surface area (Å²) in [5, 5.41) is 0. The fourth-order valence-corrected chi connectivity index (χ4v) is 3.53. The lowest BCUT2D eigenvalue weighted by atomic mass is 9.82. The number of fused-ring (bicyclic) bond motifs is 1. The van der Waals surface area contributed by atoms with Gasteiger partial charge in [0.15, 0.2) is 11.5 Å². The molecule has 132 valence electrons. The lowest BCUT2D eigenvalue weighted by Crippen LogP contribution is -2.41. The zero-order chi connectivity index (χ0) is 18.2. The van der Waals surface area contributed by atoms with E-state index in [1.165, 1.54) is 0 Å². The van der Waals surface area contributed by atoms with Crippen molar-refractivity contribution in [2.75, 3.05) is 5.43 Å². The first-order chi connectivity index (χ1) is 11.6. The third kappa shape index (κ3) is 3.98. The van der Waals surface area contributed by atoms with Crippen molar-refractivity contribution in [3.63, 3.8) is 0 Å². The third-order valence-corrected chi connectivity index (χ3v) is 3.96. The molecule has 0 spiro atoms. The summed E-state index contributed by atoms with van der Waals surface area (Å²) in [6.45, 7) is 13.2. The van der Waals surface area contributed by atoms with Crippen LogP contribution in [0.1, 0.15) is 46.6 Å². The van der Waals surface area contributed by atoms with Gasteiger partial charge in [-0.25, -0.2) is 14.6 Å². The number of nitrogens with zero attached hydrogens (tertiary/aromatic N) is 4. The van der Waals surface area contributed by atoms with Gasteiger partial charge in [0.25, 0.3) is 0 Å². The average Bonchev–Trinajstić information content (AvgIpc) is 2.82. The fourth-order valence-electron chi connectivity index (χ4n) is 3.53. The molecule has 0 atom stereocenters. The summed E-state index contributed by atoms with van der Waals surface area (Å²) in [4.78, 5) is 13.6. The van der Waals surface area contributed by atoms with Gasteiger partial charge in [-0.15, -0.1) is 0 Å². The van der Waals surface area contributed by atoms with E-state index in [2.05, 4.69) is 56.1 Å². The molecule has 5 heteroatoms. The minimum atomic E-state index is -0.111. The van der Waals surface area contributed by atoms with Crippen LogP contribution in [-0.4, -0.2) is 25.2 Å². The zero-order valence-corrected chi connectivity index (χ0v) is 16.0. The van der Waals surface area contributed by atoms with E-state index >= 15 is 0 Å². The van der Waals surface area contributed by atoms with Crippen molar-refractivity contribution >= 4 is 11.2 Å². The van der Waals surface area contributed by atoms with Crippen LogP contribution in [0.5, 0.6) is 0 Å². The highest BCUT2D eigenvalue weighted by molar-refractivity contribution is 5.78. The zero-order valence-electron chi connectivity index (χ0n) is 16.0. The molecule has 0 amide bonds. The van der Waals surface area contributed by atoms with Crippen LogP contribution >= 0.6 is 0 Å². The molecule has 1 N–H and O–H groups in total. The molecule has 3 aromatic rings. The van der Waals surface area contributed by atoms with E-state index in [-0.39, 0.29) is 11.0 Å². The van der Waals surface area contributed by atoms with E-state index in [0.29, 0.717) is 0 Å². The minimum Gasteiger partial charge on any atom is -0.317 e. The summed E-state index contributed by atoms with van der Waals surface area (Å²) in [5.41, 5.74) is 7.62. The first-order valence-corrected chi connectivity index (χ1v) is 8.68. The van der Waals surface area contributed by atoms with Gasteiger partial charge >= 0.3 is 0 Å². The Balaban J connectivity index is 2.12. The molecule has 25 heavy (non-hydrogen) atoms. The quantitative estimate of drug-likeness (QED) is 0.758. The van der Waals surface area contributed by atoms with Crippen molar-refractivity contribution in [3.8, 4) is 11.4 Å². The second-order valence-electron chi connectivity index (χ2n) is 8.60. The van der Waals surface area contributed by atoms with Gasteiger partial charge in [-0.3, -0.25) is 4.98 Å². The first-order valence-electron chi connectivity index (χ1n) is 8.68. The minimum absolute atomic E-state index is 0.111. The first kappa shape index (κ1) is 17.4. The third-order valence-electron chi connectivity index (χ3n) is 3.96. The number of rotatable bonds is 4. The maximum atomic E-state index is 4.83. The van der Waals surface area contributed by atoms with Crippen LogP contribution in [0.4, 0.5) is 0 Å². The molecule has 3 rings (SSSR count).